The molecule has 1 aromatic heterocycles. The second kappa shape index (κ2) is 4.97. The number of nitrogens with zero attached hydrogens (tertiary/aromatic N) is 2. The van der Waals surface area contributed by atoms with Gasteiger partial charge in [0.15, 0.2) is 0 Å². The average molecular weight is 239 g/mol. The number of aromatic hydroxyl groups is 1. The van der Waals surface area contributed by atoms with Crippen molar-refractivity contribution in [2.75, 3.05) is 5.32 Å². The van der Waals surface area contributed by atoms with Gasteiger partial charge in [0, 0.05) is 6.20 Å². The number of hydrogen-bond donors (Lipinski definition) is 2. The zero-order chi connectivity index (χ0) is 13.0. The summed E-state index contributed by atoms with van der Waals surface area (Å²) in [6, 6.07) is 11.3. The number of nitriles is 1. The molecule has 1 amide bonds. The first-order chi connectivity index (χ1) is 8.70. The lowest BCUT2D eigenvalue weighted by molar-refractivity contribution is 0.102. The Morgan fingerprint density at radius 3 is 2.67 bits per heavy atom. The Kier molecular flexibility index (Phi) is 3.21. The molecule has 0 saturated carbocycles. The highest BCUT2D eigenvalue weighted by atomic mass is 16.3. The molecule has 0 spiro atoms. The summed E-state index contributed by atoms with van der Waals surface area (Å²) >= 11 is 0. The predicted molar refractivity (Wildman–Crippen MR) is 65.0 cm³/mol. The van der Waals surface area contributed by atoms with Gasteiger partial charge < -0.3 is 10.4 Å². The Balaban J connectivity index is 2.17. The Labute approximate surface area is 103 Å². The van der Waals surface area contributed by atoms with E-state index in [0.29, 0.717) is 11.3 Å². The topological polar surface area (TPSA) is 86.0 Å². The lowest BCUT2D eigenvalue weighted by Crippen LogP contribution is -2.12. The number of amides is 1. The van der Waals surface area contributed by atoms with E-state index >= 15 is 0 Å². The zero-order valence-electron chi connectivity index (χ0n) is 9.29. The molecular weight excluding hydrogens is 230 g/mol. The molecule has 5 heteroatoms. The van der Waals surface area contributed by atoms with E-state index in [4.69, 9.17) is 5.26 Å². The van der Waals surface area contributed by atoms with Crippen LogP contribution in [-0.4, -0.2) is 16.0 Å². The molecule has 1 aromatic carbocycles. The molecule has 2 rings (SSSR count). The van der Waals surface area contributed by atoms with Gasteiger partial charge in [0.25, 0.3) is 5.91 Å². The molecule has 0 fully saturated rings. The Bertz CT molecular complexity index is 615. The fourth-order valence-electron chi connectivity index (χ4n) is 1.37. The smallest absolute Gasteiger partial charge is 0.257 e. The highest BCUT2D eigenvalue weighted by Gasteiger charge is 2.08. The monoisotopic (exact) mass is 239 g/mol. The maximum Gasteiger partial charge on any atom is 0.257 e. The SMILES string of the molecule is N#Cc1ccc(C(=O)Nc2ccccc2O)cn1. The van der Waals surface area contributed by atoms with E-state index < -0.39 is 5.91 Å². The molecule has 18 heavy (non-hydrogen) atoms. The number of benzene rings is 1. The van der Waals surface area contributed by atoms with E-state index in [9.17, 15) is 9.90 Å². The first-order valence-electron chi connectivity index (χ1n) is 5.16. The van der Waals surface area contributed by atoms with Crippen molar-refractivity contribution >= 4 is 11.6 Å². The molecule has 5 nitrogen and oxygen atoms in total. The average Bonchev–Trinajstić information content (AvgIpc) is 2.41. The maximum absolute atomic E-state index is 11.8. The van der Waals surface area contributed by atoms with E-state index in [1.807, 2.05) is 6.07 Å². The van der Waals surface area contributed by atoms with Gasteiger partial charge >= 0.3 is 0 Å². The van der Waals surface area contributed by atoms with E-state index in [1.54, 1.807) is 18.2 Å². The molecule has 0 aliphatic heterocycles. The summed E-state index contributed by atoms with van der Waals surface area (Å²) in [4.78, 5) is 15.6. The molecule has 0 atom stereocenters. The van der Waals surface area contributed by atoms with Gasteiger partial charge in [0.1, 0.15) is 17.5 Å². The molecule has 2 aromatic rings. The highest BCUT2D eigenvalue weighted by molar-refractivity contribution is 6.04. The molecule has 0 radical (unpaired) electrons. The van der Waals surface area contributed by atoms with E-state index in [-0.39, 0.29) is 11.4 Å². The lowest BCUT2D eigenvalue weighted by Gasteiger charge is -2.06. The molecular formula is C13H9N3O2. The van der Waals surface area contributed by atoms with E-state index in [2.05, 4.69) is 10.3 Å². The van der Waals surface area contributed by atoms with Crippen molar-refractivity contribution in [1.82, 2.24) is 4.98 Å². The van der Waals surface area contributed by atoms with Crippen molar-refractivity contribution in [1.29, 1.82) is 5.26 Å². The number of nitrogens with one attached hydrogen (secondary N) is 1. The Hall–Kier alpha value is -2.87. The number of phenolic OH excluding ortho intramolecular Hbond substituents is 1. The zero-order valence-corrected chi connectivity index (χ0v) is 9.29. The van der Waals surface area contributed by atoms with Crippen molar-refractivity contribution in [3.8, 4) is 11.8 Å². The number of carbonyl (C=O) groups excluding carboxylic acids is 1. The molecule has 0 bridgehead atoms. The standard InChI is InChI=1S/C13H9N3O2/c14-7-10-6-5-9(8-15-10)13(18)16-11-3-1-2-4-12(11)17/h1-6,8,17H,(H,16,18). The van der Waals surface area contributed by atoms with Crippen LogP contribution >= 0.6 is 0 Å². The first-order valence-corrected chi connectivity index (χ1v) is 5.16. The highest BCUT2D eigenvalue weighted by Crippen LogP contribution is 2.22. The number of pyridine rings is 1. The van der Waals surface area contributed by atoms with Crippen LogP contribution < -0.4 is 5.32 Å². The molecule has 0 aliphatic carbocycles. The number of carbonyl (C=O) groups is 1. The minimum absolute atomic E-state index is 0.00699. The molecule has 88 valence electrons. The number of para-hydroxylation sites is 2. The summed E-state index contributed by atoms with van der Waals surface area (Å²) in [7, 11) is 0. The minimum Gasteiger partial charge on any atom is -0.506 e. The summed E-state index contributed by atoms with van der Waals surface area (Å²) in [5.41, 5.74) is 0.887. The van der Waals surface area contributed by atoms with Gasteiger partial charge in [-0.05, 0) is 24.3 Å². The number of anilines is 1. The van der Waals surface area contributed by atoms with Crippen LogP contribution in [0.25, 0.3) is 0 Å². The molecule has 0 aliphatic rings. The second-order valence-corrected chi connectivity index (χ2v) is 3.52. The van der Waals surface area contributed by atoms with Crippen LogP contribution in [0.1, 0.15) is 16.1 Å². The van der Waals surface area contributed by atoms with Crippen LogP contribution in [0.15, 0.2) is 42.6 Å². The Morgan fingerprint density at radius 2 is 2.06 bits per heavy atom. The van der Waals surface area contributed by atoms with Crippen molar-refractivity contribution in [2.24, 2.45) is 0 Å². The largest absolute Gasteiger partial charge is 0.506 e. The second-order valence-electron chi connectivity index (χ2n) is 3.52. The Morgan fingerprint density at radius 1 is 1.28 bits per heavy atom. The quantitative estimate of drug-likeness (QED) is 0.784. The fourth-order valence-corrected chi connectivity index (χ4v) is 1.37. The molecule has 0 saturated heterocycles. The van der Waals surface area contributed by atoms with Crippen molar-refractivity contribution < 1.29 is 9.90 Å². The first kappa shape index (κ1) is 11.6. The predicted octanol–water partition coefficient (Wildman–Crippen LogP) is 1.91. The number of rotatable bonds is 2. The summed E-state index contributed by atoms with van der Waals surface area (Å²) in [5.74, 6) is -0.402. The summed E-state index contributed by atoms with van der Waals surface area (Å²) < 4.78 is 0. The number of phenols is 1. The number of hydrogen-bond acceptors (Lipinski definition) is 4. The molecule has 1 heterocycles. The van der Waals surface area contributed by atoms with Gasteiger partial charge in [-0.15, -0.1) is 0 Å². The summed E-state index contributed by atoms with van der Waals surface area (Å²) in [6.45, 7) is 0. The summed E-state index contributed by atoms with van der Waals surface area (Å²) in [6.07, 6.45) is 1.31. The maximum atomic E-state index is 11.8. The van der Waals surface area contributed by atoms with Crippen LogP contribution in [-0.2, 0) is 0 Å². The normalized spacial score (nSPS) is 9.50. The van der Waals surface area contributed by atoms with E-state index in [1.165, 1.54) is 24.4 Å². The van der Waals surface area contributed by atoms with Gasteiger partial charge in [-0.1, -0.05) is 12.1 Å². The fraction of sp³-hybridized carbons (Fsp3) is 0. The summed E-state index contributed by atoms with van der Waals surface area (Å²) in [5, 5.41) is 20.7. The molecule has 0 unspecified atom stereocenters. The van der Waals surface area contributed by atoms with Crippen LogP contribution in [0.4, 0.5) is 5.69 Å². The third-order valence-electron chi connectivity index (χ3n) is 2.29. The van der Waals surface area contributed by atoms with Crippen LogP contribution in [0.5, 0.6) is 5.75 Å². The third-order valence-corrected chi connectivity index (χ3v) is 2.29. The van der Waals surface area contributed by atoms with Crippen LogP contribution in [0.3, 0.4) is 0 Å². The van der Waals surface area contributed by atoms with E-state index in [0.717, 1.165) is 0 Å². The molecule has 2 N–H and O–H groups in total. The van der Waals surface area contributed by atoms with Gasteiger partial charge in [-0.3, -0.25) is 4.79 Å². The van der Waals surface area contributed by atoms with Crippen LogP contribution in [0, 0.1) is 11.3 Å². The lowest BCUT2D eigenvalue weighted by atomic mass is 10.2. The third kappa shape index (κ3) is 2.44. The van der Waals surface area contributed by atoms with Crippen molar-refractivity contribution in [3.63, 3.8) is 0 Å². The van der Waals surface area contributed by atoms with Gasteiger partial charge in [0.05, 0.1) is 11.3 Å². The van der Waals surface area contributed by atoms with Gasteiger partial charge in [-0.25, -0.2) is 4.98 Å². The minimum atomic E-state index is -0.395. The number of aromatic nitrogens is 1. The van der Waals surface area contributed by atoms with Crippen molar-refractivity contribution in [3.05, 3.63) is 53.9 Å². The van der Waals surface area contributed by atoms with Crippen LogP contribution in [0.2, 0.25) is 0 Å². The van der Waals surface area contributed by atoms with Crippen molar-refractivity contribution in [2.45, 2.75) is 0 Å². The van der Waals surface area contributed by atoms with Gasteiger partial charge in [-0.2, -0.15) is 5.26 Å². The van der Waals surface area contributed by atoms with Gasteiger partial charge in [0.2, 0.25) is 0 Å².